The molecule has 2 unspecified atom stereocenters. The number of ether oxygens (including phenoxy) is 2. The topological polar surface area (TPSA) is 129 Å². The summed E-state index contributed by atoms with van der Waals surface area (Å²) in [5.74, 6) is -0.0626. The van der Waals surface area contributed by atoms with Crippen LogP contribution in [0.3, 0.4) is 0 Å². The fraction of sp³-hybridized carbons (Fsp3) is 0.500. The molecule has 2 aliphatic heterocycles. The van der Waals surface area contributed by atoms with Gasteiger partial charge in [-0.15, -0.1) is 0 Å². The number of halogens is 1. The maximum atomic E-state index is 15.1. The maximum Gasteiger partial charge on any atom is 0.298 e. The molecule has 0 spiro atoms. The van der Waals surface area contributed by atoms with Gasteiger partial charge in [0.25, 0.3) is 17.9 Å². The van der Waals surface area contributed by atoms with Crippen molar-refractivity contribution in [3.8, 4) is 16.9 Å². The van der Waals surface area contributed by atoms with Crippen LogP contribution in [-0.4, -0.2) is 79.2 Å². The zero-order valence-corrected chi connectivity index (χ0v) is 28.7. The molecule has 2 saturated heterocycles. The Morgan fingerprint density at radius 1 is 1.23 bits per heavy atom. The smallest absolute Gasteiger partial charge is 0.298 e. The lowest BCUT2D eigenvalue weighted by molar-refractivity contribution is -0.120. The van der Waals surface area contributed by atoms with Crippen LogP contribution >= 0.6 is 0 Å². The highest BCUT2D eigenvalue weighted by atomic mass is 19.1. The van der Waals surface area contributed by atoms with Gasteiger partial charge in [0.15, 0.2) is 5.75 Å². The van der Waals surface area contributed by atoms with E-state index < -0.39 is 17.3 Å². The Balaban J connectivity index is 1.55. The first-order valence-electron chi connectivity index (χ1n) is 16.8. The molecule has 0 bridgehead atoms. The second kappa shape index (κ2) is 15.3. The number of likely N-dealkylation sites (N-methyl/N-ethyl adjacent to an activating group) is 1. The molecule has 0 radical (unpaired) electrons. The molecule has 12 heteroatoms. The summed E-state index contributed by atoms with van der Waals surface area (Å²) in [6.07, 6.45) is 4.18. The summed E-state index contributed by atoms with van der Waals surface area (Å²) in [6.45, 7) is 13.4. The number of benzene rings is 1. The summed E-state index contributed by atoms with van der Waals surface area (Å²) in [7, 11) is 2.10. The lowest BCUT2D eigenvalue weighted by atomic mass is 9.94. The van der Waals surface area contributed by atoms with Crippen molar-refractivity contribution in [3.05, 3.63) is 68.5 Å². The number of anilines is 2. The van der Waals surface area contributed by atoms with E-state index in [1.54, 1.807) is 19.2 Å². The Morgan fingerprint density at radius 3 is 2.62 bits per heavy atom. The molecule has 2 aromatic heterocycles. The van der Waals surface area contributed by atoms with Crippen molar-refractivity contribution in [2.75, 3.05) is 50.1 Å². The monoisotopic (exact) mass is 662 g/mol. The molecule has 48 heavy (non-hydrogen) atoms. The van der Waals surface area contributed by atoms with Gasteiger partial charge in [0, 0.05) is 79.4 Å². The molecule has 0 saturated carbocycles. The van der Waals surface area contributed by atoms with Crippen molar-refractivity contribution in [2.24, 2.45) is 0 Å². The van der Waals surface area contributed by atoms with E-state index in [9.17, 15) is 14.4 Å². The molecular weight excluding hydrogens is 615 g/mol. The minimum Gasteiger partial charge on any atom is -0.426 e. The van der Waals surface area contributed by atoms with Crippen molar-refractivity contribution in [1.82, 2.24) is 20.2 Å². The molecule has 2 fully saturated rings. The van der Waals surface area contributed by atoms with Crippen molar-refractivity contribution < 1.29 is 23.5 Å². The predicted octanol–water partition coefficient (Wildman–Crippen LogP) is 4.90. The van der Waals surface area contributed by atoms with Gasteiger partial charge >= 0.3 is 0 Å². The Kier molecular flexibility index (Phi) is 11.2. The van der Waals surface area contributed by atoms with Gasteiger partial charge in [-0.2, -0.15) is 0 Å². The molecule has 5 rings (SSSR count). The van der Waals surface area contributed by atoms with Crippen LogP contribution in [0.15, 0.2) is 29.2 Å². The minimum atomic E-state index is -0.483. The average molecular weight is 663 g/mol. The van der Waals surface area contributed by atoms with Crippen molar-refractivity contribution in [3.63, 3.8) is 0 Å². The van der Waals surface area contributed by atoms with Crippen molar-refractivity contribution in [2.45, 2.75) is 78.5 Å². The van der Waals surface area contributed by atoms with E-state index in [-0.39, 0.29) is 41.4 Å². The number of H-pyrrole nitrogens is 1. The SMILES string of the molecule is CCC1CC(Nc2c(C)c(C(=O)NCc3c(C(C)C)c(F)c(C)[nH]c3=O)cc(-c3ccc(N4CCN(C)CC4)nc3)c2OC=O)CCO1. The summed E-state index contributed by atoms with van der Waals surface area (Å²) in [5.41, 5.74) is 2.77. The lowest BCUT2D eigenvalue weighted by Gasteiger charge is -2.33. The number of hydrogen-bond donors (Lipinski definition) is 3. The number of nitrogens with one attached hydrogen (secondary N) is 3. The zero-order chi connectivity index (χ0) is 34.5. The second-order valence-corrected chi connectivity index (χ2v) is 13.1. The molecule has 2 aliphatic rings. The predicted molar refractivity (Wildman–Crippen MR) is 185 cm³/mol. The molecule has 11 nitrogen and oxygen atoms in total. The van der Waals surface area contributed by atoms with E-state index in [2.05, 4.69) is 39.4 Å². The van der Waals surface area contributed by atoms with Gasteiger partial charge in [-0.05, 0) is 69.8 Å². The largest absolute Gasteiger partial charge is 0.426 e. The van der Waals surface area contributed by atoms with Crippen LogP contribution in [0.5, 0.6) is 5.75 Å². The van der Waals surface area contributed by atoms with Crippen LogP contribution < -0.4 is 25.8 Å². The van der Waals surface area contributed by atoms with E-state index in [1.807, 2.05) is 26.0 Å². The summed E-state index contributed by atoms with van der Waals surface area (Å²) in [6, 6.07) is 5.56. The number of carbonyl (C=O) groups is 2. The summed E-state index contributed by atoms with van der Waals surface area (Å²) < 4.78 is 26.7. The number of hydrogen-bond acceptors (Lipinski definition) is 9. The number of rotatable bonds is 11. The first kappa shape index (κ1) is 35.0. The van der Waals surface area contributed by atoms with Gasteiger partial charge in [-0.25, -0.2) is 9.37 Å². The molecule has 1 amide bonds. The Bertz CT molecular complexity index is 1680. The van der Waals surface area contributed by atoms with Crippen LogP contribution in [0.2, 0.25) is 0 Å². The van der Waals surface area contributed by atoms with E-state index >= 15 is 4.39 Å². The second-order valence-electron chi connectivity index (χ2n) is 13.1. The van der Waals surface area contributed by atoms with Crippen LogP contribution in [0.25, 0.3) is 11.1 Å². The van der Waals surface area contributed by atoms with Crippen molar-refractivity contribution in [1.29, 1.82) is 0 Å². The van der Waals surface area contributed by atoms with Crippen LogP contribution in [0.1, 0.15) is 78.7 Å². The Labute approximate surface area is 281 Å². The van der Waals surface area contributed by atoms with E-state index in [0.717, 1.165) is 51.3 Å². The van der Waals surface area contributed by atoms with E-state index in [4.69, 9.17) is 14.5 Å². The Morgan fingerprint density at radius 2 is 1.98 bits per heavy atom. The molecule has 3 N–H and O–H groups in total. The van der Waals surface area contributed by atoms with E-state index in [0.29, 0.717) is 46.8 Å². The summed E-state index contributed by atoms with van der Waals surface area (Å²) in [4.78, 5) is 50.6. The molecule has 2 atom stereocenters. The number of aromatic amines is 1. The highest BCUT2D eigenvalue weighted by Crippen LogP contribution is 2.42. The number of nitrogens with zero attached hydrogens (tertiary/aromatic N) is 3. The van der Waals surface area contributed by atoms with Gasteiger partial charge in [0.1, 0.15) is 11.6 Å². The first-order valence-corrected chi connectivity index (χ1v) is 16.8. The highest BCUT2D eigenvalue weighted by molar-refractivity contribution is 6.00. The number of piperazine rings is 1. The number of pyridine rings is 2. The van der Waals surface area contributed by atoms with Crippen LogP contribution in [0, 0.1) is 19.7 Å². The van der Waals surface area contributed by atoms with Gasteiger partial charge in [-0.3, -0.25) is 14.4 Å². The number of amides is 1. The highest BCUT2D eigenvalue weighted by Gasteiger charge is 2.28. The van der Waals surface area contributed by atoms with Crippen LogP contribution in [0.4, 0.5) is 15.9 Å². The minimum absolute atomic E-state index is 0.0167. The zero-order valence-electron chi connectivity index (χ0n) is 28.7. The molecule has 3 aromatic rings. The molecule has 0 aliphatic carbocycles. The molecule has 1 aromatic carbocycles. The van der Waals surface area contributed by atoms with Gasteiger partial charge < -0.3 is 34.9 Å². The molecule has 4 heterocycles. The maximum absolute atomic E-state index is 15.1. The lowest BCUT2D eigenvalue weighted by Crippen LogP contribution is -2.44. The average Bonchev–Trinajstić information content (AvgIpc) is 3.07. The number of carbonyl (C=O) groups excluding carboxylic acids is 2. The first-order chi connectivity index (χ1) is 23.0. The van der Waals surface area contributed by atoms with Gasteiger partial charge in [0.2, 0.25) is 0 Å². The van der Waals surface area contributed by atoms with Crippen LogP contribution in [-0.2, 0) is 16.1 Å². The van der Waals surface area contributed by atoms with Crippen molar-refractivity contribution >= 4 is 23.9 Å². The third-order valence-corrected chi connectivity index (χ3v) is 9.48. The standard InChI is InChI=1S/C36H47FN6O5/c1-7-26-16-25(10-15-47-26)41-33-22(4)27(35(45)39-19-29-31(21(2)3)32(37)23(5)40-36(29)46)17-28(34(33)48-20-44)24-8-9-30(38-18-24)43-13-11-42(6)12-14-43/h8-9,17-18,20-21,25-26,41H,7,10-16,19H2,1-6H3,(H,39,45)(H,40,46). The fourth-order valence-electron chi connectivity index (χ4n) is 6.62. The third-order valence-electron chi connectivity index (χ3n) is 9.48. The number of aromatic nitrogens is 2. The Hall–Kier alpha value is -4.29. The summed E-state index contributed by atoms with van der Waals surface area (Å²) in [5, 5.41) is 6.44. The third kappa shape index (κ3) is 7.55. The van der Waals surface area contributed by atoms with Gasteiger partial charge in [0.05, 0.1) is 17.5 Å². The van der Waals surface area contributed by atoms with E-state index in [1.165, 1.54) is 6.92 Å². The summed E-state index contributed by atoms with van der Waals surface area (Å²) >= 11 is 0. The molecular formula is C36H47FN6O5. The molecule has 258 valence electrons. The van der Waals surface area contributed by atoms with Gasteiger partial charge in [-0.1, -0.05) is 20.8 Å². The normalized spacial score (nSPS) is 18.5. The quantitative estimate of drug-likeness (QED) is 0.246. The fourth-order valence-corrected chi connectivity index (χ4v) is 6.62. The number of aryl methyl sites for hydroxylation is 1.